The van der Waals surface area contributed by atoms with Crippen molar-refractivity contribution in [1.29, 1.82) is 0 Å². The Morgan fingerprint density at radius 1 is 1.16 bits per heavy atom. The number of carbonyl (C=O) groups excluding carboxylic acids is 1. The third-order valence-electron chi connectivity index (χ3n) is 2.67. The molecule has 0 bridgehead atoms. The minimum Gasteiger partial charge on any atom is -0.307 e. The van der Waals surface area contributed by atoms with E-state index in [9.17, 15) is 4.79 Å². The molecule has 0 saturated heterocycles. The topological polar surface area (TPSA) is 67.8 Å². The average molecular weight is 270 g/mol. The number of fused-ring (bicyclic) bond motifs is 1. The molecule has 3 aromatic rings. The van der Waals surface area contributed by atoms with Crippen molar-refractivity contribution in [3.8, 4) is 0 Å². The number of hydrogen-bond acceptors (Lipinski definition) is 5. The lowest BCUT2D eigenvalue weighted by molar-refractivity contribution is 0.102. The third kappa shape index (κ3) is 2.43. The average Bonchev–Trinajstić information content (AvgIpc) is 2.85. The molecule has 3 rings (SSSR count). The number of anilines is 1. The molecule has 2 heterocycles. The van der Waals surface area contributed by atoms with E-state index in [-0.39, 0.29) is 5.91 Å². The van der Waals surface area contributed by atoms with Crippen molar-refractivity contribution in [1.82, 2.24) is 13.7 Å². The van der Waals surface area contributed by atoms with Gasteiger partial charge < -0.3 is 5.32 Å². The van der Waals surface area contributed by atoms with Crippen molar-refractivity contribution in [2.75, 3.05) is 5.32 Å². The minimum atomic E-state index is -0.201. The molecule has 1 N–H and O–H groups in total. The summed E-state index contributed by atoms with van der Waals surface area (Å²) in [6.07, 6.45) is 1.67. The van der Waals surface area contributed by atoms with Crippen LogP contribution in [0.1, 0.15) is 15.9 Å². The number of benzene rings is 1. The Morgan fingerprint density at radius 2 is 2.00 bits per heavy atom. The number of aromatic nitrogens is 3. The Morgan fingerprint density at radius 3 is 2.84 bits per heavy atom. The van der Waals surface area contributed by atoms with Gasteiger partial charge in [0.05, 0.1) is 11.7 Å². The van der Waals surface area contributed by atoms with Crippen LogP contribution in [0.5, 0.6) is 0 Å². The van der Waals surface area contributed by atoms with Crippen LogP contribution in [0.2, 0.25) is 0 Å². The lowest BCUT2D eigenvalue weighted by Crippen LogP contribution is -2.12. The van der Waals surface area contributed by atoms with Crippen LogP contribution in [0, 0.1) is 6.92 Å². The van der Waals surface area contributed by atoms with Gasteiger partial charge in [-0.05, 0) is 42.8 Å². The van der Waals surface area contributed by atoms with E-state index in [1.54, 1.807) is 24.4 Å². The Labute approximate surface area is 113 Å². The summed E-state index contributed by atoms with van der Waals surface area (Å²) in [5.74, 6) is 0.342. The van der Waals surface area contributed by atoms with Crippen LogP contribution in [0.3, 0.4) is 0 Å². The van der Waals surface area contributed by atoms with Gasteiger partial charge in [-0.2, -0.15) is 8.75 Å². The lowest BCUT2D eigenvalue weighted by Gasteiger charge is -2.04. The number of amides is 1. The van der Waals surface area contributed by atoms with E-state index in [0.29, 0.717) is 11.4 Å². The van der Waals surface area contributed by atoms with Crippen molar-refractivity contribution in [2.24, 2.45) is 0 Å². The molecule has 2 aromatic heterocycles. The van der Waals surface area contributed by atoms with Crippen molar-refractivity contribution in [3.05, 3.63) is 47.7 Å². The molecule has 0 aliphatic heterocycles. The van der Waals surface area contributed by atoms with E-state index < -0.39 is 0 Å². The summed E-state index contributed by atoms with van der Waals surface area (Å²) in [4.78, 5) is 16.2. The molecule has 0 aliphatic rings. The quantitative estimate of drug-likeness (QED) is 0.777. The molecule has 0 unspecified atom stereocenters. The maximum Gasteiger partial charge on any atom is 0.256 e. The second-order valence-corrected chi connectivity index (χ2v) is 4.67. The highest BCUT2D eigenvalue weighted by atomic mass is 32.1. The summed E-state index contributed by atoms with van der Waals surface area (Å²) < 4.78 is 8.22. The fraction of sp³-hybridized carbons (Fsp3) is 0.0769. The number of hydrogen-bond donors (Lipinski definition) is 1. The second kappa shape index (κ2) is 4.74. The highest BCUT2D eigenvalue weighted by Crippen LogP contribution is 2.15. The van der Waals surface area contributed by atoms with Crippen LogP contribution in [-0.2, 0) is 0 Å². The first kappa shape index (κ1) is 11.7. The molecule has 19 heavy (non-hydrogen) atoms. The first-order chi connectivity index (χ1) is 9.22. The monoisotopic (exact) mass is 270 g/mol. The lowest BCUT2D eigenvalue weighted by atomic mass is 10.2. The summed E-state index contributed by atoms with van der Waals surface area (Å²) in [7, 11) is 0. The Bertz CT molecular complexity index is 753. The highest BCUT2D eigenvalue weighted by Gasteiger charge is 2.09. The maximum atomic E-state index is 12.1. The van der Waals surface area contributed by atoms with Crippen molar-refractivity contribution in [3.63, 3.8) is 0 Å². The van der Waals surface area contributed by atoms with Gasteiger partial charge in [0.2, 0.25) is 0 Å². The summed E-state index contributed by atoms with van der Waals surface area (Å²) >= 11 is 1.14. The third-order valence-corrected chi connectivity index (χ3v) is 3.23. The molecule has 6 heteroatoms. The fourth-order valence-electron chi connectivity index (χ4n) is 1.72. The largest absolute Gasteiger partial charge is 0.307 e. The molecule has 1 aromatic carbocycles. The van der Waals surface area contributed by atoms with E-state index in [2.05, 4.69) is 19.0 Å². The van der Waals surface area contributed by atoms with Crippen molar-refractivity contribution >= 4 is 34.5 Å². The van der Waals surface area contributed by atoms with E-state index in [1.807, 2.05) is 19.1 Å². The summed E-state index contributed by atoms with van der Waals surface area (Å²) in [5, 5.41) is 2.76. The number of nitrogens with zero attached hydrogens (tertiary/aromatic N) is 3. The number of rotatable bonds is 2. The first-order valence-corrected chi connectivity index (χ1v) is 6.42. The molecule has 0 atom stereocenters. The number of nitrogens with one attached hydrogen (secondary N) is 1. The first-order valence-electron chi connectivity index (χ1n) is 5.69. The molecule has 0 fully saturated rings. The zero-order chi connectivity index (χ0) is 13.2. The number of aryl methyl sites for hydroxylation is 1. The van der Waals surface area contributed by atoms with Crippen molar-refractivity contribution < 1.29 is 4.79 Å². The van der Waals surface area contributed by atoms with Gasteiger partial charge in [-0.15, -0.1) is 0 Å². The smallest absolute Gasteiger partial charge is 0.256 e. The predicted molar refractivity (Wildman–Crippen MR) is 74.3 cm³/mol. The van der Waals surface area contributed by atoms with Gasteiger partial charge in [0.15, 0.2) is 0 Å². The molecule has 0 spiro atoms. The Balaban J connectivity index is 1.87. The Kier molecular flexibility index (Phi) is 2.92. The van der Waals surface area contributed by atoms with Crippen LogP contribution in [0.15, 0.2) is 36.5 Å². The summed E-state index contributed by atoms with van der Waals surface area (Å²) in [6, 6.07) is 8.94. The molecule has 0 aliphatic carbocycles. The van der Waals surface area contributed by atoms with Crippen LogP contribution in [0.4, 0.5) is 5.82 Å². The van der Waals surface area contributed by atoms with Crippen LogP contribution < -0.4 is 5.32 Å². The van der Waals surface area contributed by atoms with Gasteiger partial charge in [0.25, 0.3) is 5.91 Å². The summed E-state index contributed by atoms with van der Waals surface area (Å²) in [5.41, 5.74) is 3.12. The highest BCUT2D eigenvalue weighted by molar-refractivity contribution is 7.00. The van der Waals surface area contributed by atoms with Gasteiger partial charge in [-0.3, -0.25) is 4.79 Å². The van der Waals surface area contributed by atoms with Gasteiger partial charge in [0.1, 0.15) is 16.9 Å². The van der Waals surface area contributed by atoms with E-state index in [4.69, 9.17) is 0 Å². The van der Waals surface area contributed by atoms with Gasteiger partial charge >= 0.3 is 0 Å². The SMILES string of the molecule is Cc1ccnc(NC(=O)c2ccc3nsnc3c2)c1. The van der Waals surface area contributed by atoms with E-state index >= 15 is 0 Å². The molecular weight excluding hydrogens is 260 g/mol. The van der Waals surface area contributed by atoms with E-state index in [1.165, 1.54) is 0 Å². The van der Waals surface area contributed by atoms with Crippen molar-refractivity contribution in [2.45, 2.75) is 6.92 Å². The van der Waals surface area contributed by atoms with Crippen LogP contribution >= 0.6 is 11.7 Å². The molecule has 1 amide bonds. The number of pyridine rings is 1. The normalized spacial score (nSPS) is 10.6. The molecule has 94 valence electrons. The van der Waals surface area contributed by atoms with E-state index in [0.717, 1.165) is 28.3 Å². The van der Waals surface area contributed by atoms with Gasteiger partial charge in [-0.1, -0.05) is 0 Å². The van der Waals surface area contributed by atoms with Crippen LogP contribution in [-0.4, -0.2) is 19.6 Å². The maximum absolute atomic E-state index is 12.1. The van der Waals surface area contributed by atoms with Gasteiger partial charge in [0, 0.05) is 11.8 Å². The molecule has 5 nitrogen and oxygen atoms in total. The predicted octanol–water partition coefficient (Wildman–Crippen LogP) is 2.65. The van der Waals surface area contributed by atoms with Gasteiger partial charge in [-0.25, -0.2) is 4.98 Å². The van der Waals surface area contributed by atoms with Crippen LogP contribution in [0.25, 0.3) is 11.0 Å². The standard InChI is InChI=1S/C13H10N4OS/c1-8-4-5-14-12(6-8)15-13(18)9-2-3-10-11(7-9)17-19-16-10/h2-7H,1H3,(H,14,15,18). The zero-order valence-electron chi connectivity index (χ0n) is 10.1. The molecule has 0 radical (unpaired) electrons. The molecular formula is C13H10N4OS. The second-order valence-electron chi connectivity index (χ2n) is 4.14. The fourth-order valence-corrected chi connectivity index (χ4v) is 2.23. The molecule has 0 saturated carbocycles. The zero-order valence-corrected chi connectivity index (χ0v) is 10.9. The Hall–Kier alpha value is -2.34. The minimum absolute atomic E-state index is 0.201. The number of carbonyl (C=O) groups is 1. The summed E-state index contributed by atoms with van der Waals surface area (Å²) in [6.45, 7) is 1.95.